The second kappa shape index (κ2) is 5.92. The van der Waals surface area contributed by atoms with Gasteiger partial charge in [-0.3, -0.25) is 9.59 Å². The van der Waals surface area contributed by atoms with E-state index in [0.29, 0.717) is 0 Å². The number of amides is 1. The van der Waals surface area contributed by atoms with E-state index in [2.05, 4.69) is 20.8 Å². The number of hydrogen-bond acceptors (Lipinski definition) is 5. The fourth-order valence-corrected chi connectivity index (χ4v) is 1.29. The summed E-state index contributed by atoms with van der Waals surface area (Å²) in [6, 6.07) is -0.392. The van der Waals surface area contributed by atoms with Crippen LogP contribution in [0.15, 0.2) is 6.33 Å². The summed E-state index contributed by atoms with van der Waals surface area (Å²) in [5.41, 5.74) is 0. The Hall–Kier alpha value is -1.99. The highest BCUT2D eigenvalue weighted by atomic mass is 16.4. The lowest BCUT2D eigenvalue weighted by Gasteiger charge is -2.20. The second-order valence-electron chi connectivity index (χ2n) is 4.02. The fraction of sp³-hybridized carbons (Fsp3) is 0.667. The molecule has 0 saturated carbocycles. The molecule has 8 nitrogen and oxygen atoms in total. The predicted molar refractivity (Wildman–Crippen MR) is 56.8 cm³/mol. The van der Waals surface area contributed by atoms with Crippen molar-refractivity contribution in [2.45, 2.75) is 32.9 Å². The Kier molecular flexibility index (Phi) is 4.56. The Bertz CT molecular complexity index is 376. The van der Waals surface area contributed by atoms with Gasteiger partial charge in [0.25, 0.3) is 0 Å². The van der Waals surface area contributed by atoms with Crippen LogP contribution in [0.3, 0.4) is 0 Å². The standard InChI is InChI=1S/C9H15N5O3/c1-6(2)7(3-9(16)17)11-8(15)4-14-5-10-12-13-14/h5-7H,3-4H2,1-2H3,(H,11,15)(H,16,17). The molecule has 1 unspecified atom stereocenters. The van der Waals surface area contributed by atoms with E-state index in [-0.39, 0.29) is 24.8 Å². The molecule has 0 saturated heterocycles. The van der Waals surface area contributed by atoms with Crippen LogP contribution in [0.4, 0.5) is 0 Å². The molecule has 1 atom stereocenters. The first kappa shape index (κ1) is 13.1. The van der Waals surface area contributed by atoms with Crippen LogP contribution < -0.4 is 5.32 Å². The minimum Gasteiger partial charge on any atom is -0.481 e. The topological polar surface area (TPSA) is 110 Å². The summed E-state index contributed by atoms with van der Waals surface area (Å²) in [5, 5.41) is 21.7. The van der Waals surface area contributed by atoms with Gasteiger partial charge in [-0.25, -0.2) is 4.68 Å². The van der Waals surface area contributed by atoms with Crippen molar-refractivity contribution < 1.29 is 14.7 Å². The molecule has 0 aliphatic carbocycles. The first-order valence-electron chi connectivity index (χ1n) is 5.21. The number of aliphatic carboxylic acids is 1. The number of hydrogen-bond donors (Lipinski definition) is 2. The average Bonchev–Trinajstić information content (AvgIpc) is 2.68. The van der Waals surface area contributed by atoms with Crippen LogP contribution in [-0.2, 0) is 16.1 Å². The van der Waals surface area contributed by atoms with Gasteiger partial charge in [0.2, 0.25) is 5.91 Å². The van der Waals surface area contributed by atoms with Gasteiger partial charge in [-0.1, -0.05) is 13.8 Å². The molecule has 17 heavy (non-hydrogen) atoms. The Labute approximate surface area is 98.0 Å². The molecule has 2 N–H and O–H groups in total. The van der Waals surface area contributed by atoms with Gasteiger partial charge in [0.05, 0.1) is 6.42 Å². The van der Waals surface area contributed by atoms with Gasteiger partial charge in [-0.15, -0.1) is 5.10 Å². The third kappa shape index (κ3) is 4.58. The van der Waals surface area contributed by atoms with E-state index in [1.54, 1.807) is 0 Å². The van der Waals surface area contributed by atoms with Crippen LogP contribution in [0.2, 0.25) is 0 Å². The van der Waals surface area contributed by atoms with Crippen LogP contribution in [-0.4, -0.2) is 43.2 Å². The number of carbonyl (C=O) groups is 2. The Morgan fingerprint density at radius 2 is 2.18 bits per heavy atom. The summed E-state index contributed by atoms with van der Waals surface area (Å²) in [4.78, 5) is 22.2. The zero-order valence-electron chi connectivity index (χ0n) is 9.70. The molecule has 0 fully saturated rings. The van der Waals surface area contributed by atoms with E-state index in [9.17, 15) is 9.59 Å². The van der Waals surface area contributed by atoms with Crippen LogP contribution in [0.25, 0.3) is 0 Å². The molecule has 1 aromatic rings. The molecule has 1 amide bonds. The molecule has 94 valence electrons. The minimum atomic E-state index is -0.938. The second-order valence-corrected chi connectivity index (χ2v) is 4.02. The average molecular weight is 241 g/mol. The largest absolute Gasteiger partial charge is 0.481 e. The Morgan fingerprint density at radius 3 is 2.65 bits per heavy atom. The summed E-state index contributed by atoms with van der Waals surface area (Å²) in [5.74, 6) is -1.20. The highest BCUT2D eigenvalue weighted by molar-refractivity contribution is 5.77. The molecule has 8 heteroatoms. The summed E-state index contributed by atoms with van der Waals surface area (Å²) in [6.07, 6.45) is 1.22. The van der Waals surface area contributed by atoms with E-state index in [0.717, 1.165) is 0 Å². The lowest BCUT2D eigenvalue weighted by Crippen LogP contribution is -2.41. The summed E-state index contributed by atoms with van der Waals surface area (Å²) >= 11 is 0. The number of tetrazole rings is 1. The lowest BCUT2D eigenvalue weighted by atomic mass is 10.0. The zero-order chi connectivity index (χ0) is 12.8. The Morgan fingerprint density at radius 1 is 1.47 bits per heavy atom. The molecule has 0 radical (unpaired) electrons. The van der Waals surface area contributed by atoms with Crippen molar-refractivity contribution >= 4 is 11.9 Å². The van der Waals surface area contributed by atoms with Crippen molar-refractivity contribution in [2.75, 3.05) is 0 Å². The van der Waals surface area contributed by atoms with Gasteiger partial charge < -0.3 is 10.4 Å². The number of rotatable bonds is 6. The molecule has 0 bridgehead atoms. The lowest BCUT2D eigenvalue weighted by molar-refractivity contribution is -0.138. The van der Waals surface area contributed by atoms with Gasteiger partial charge in [0.1, 0.15) is 12.9 Å². The van der Waals surface area contributed by atoms with Crippen LogP contribution >= 0.6 is 0 Å². The van der Waals surface area contributed by atoms with Crippen LogP contribution in [0, 0.1) is 5.92 Å². The molecule has 0 aliphatic rings. The van der Waals surface area contributed by atoms with Crippen molar-refractivity contribution in [3.8, 4) is 0 Å². The van der Waals surface area contributed by atoms with Gasteiger partial charge in [-0.2, -0.15) is 0 Å². The molecule has 1 aromatic heterocycles. The van der Waals surface area contributed by atoms with E-state index in [1.165, 1.54) is 11.0 Å². The number of aromatic nitrogens is 4. The van der Waals surface area contributed by atoms with Crippen molar-refractivity contribution in [1.29, 1.82) is 0 Å². The minimum absolute atomic E-state index is 0.0180. The molecule has 0 aromatic carbocycles. The van der Waals surface area contributed by atoms with Crippen molar-refractivity contribution in [3.05, 3.63) is 6.33 Å². The monoisotopic (exact) mass is 241 g/mol. The highest BCUT2D eigenvalue weighted by Crippen LogP contribution is 2.06. The number of nitrogens with zero attached hydrogens (tertiary/aromatic N) is 4. The maximum Gasteiger partial charge on any atom is 0.305 e. The van der Waals surface area contributed by atoms with E-state index >= 15 is 0 Å². The predicted octanol–water partition coefficient (Wildman–Crippen LogP) is -0.711. The summed E-state index contributed by atoms with van der Waals surface area (Å²) in [6.45, 7) is 3.69. The maximum atomic E-state index is 11.6. The third-order valence-electron chi connectivity index (χ3n) is 2.24. The van der Waals surface area contributed by atoms with Crippen LogP contribution in [0.5, 0.6) is 0 Å². The molecule has 0 spiro atoms. The van der Waals surface area contributed by atoms with Crippen molar-refractivity contribution in [3.63, 3.8) is 0 Å². The summed E-state index contributed by atoms with van der Waals surface area (Å²) in [7, 11) is 0. The smallest absolute Gasteiger partial charge is 0.305 e. The molecular formula is C9H15N5O3. The quantitative estimate of drug-likeness (QED) is 0.680. The SMILES string of the molecule is CC(C)C(CC(=O)O)NC(=O)Cn1cnnn1. The first-order valence-corrected chi connectivity index (χ1v) is 5.21. The van der Waals surface area contributed by atoms with Crippen molar-refractivity contribution in [2.24, 2.45) is 5.92 Å². The van der Waals surface area contributed by atoms with Crippen molar-refractivity contribution in [1.82, 2.24) is 25.5 Å². The molecule has 1 rings (SSSR count). The van der Waals surface area contributed by atoms with Crippen LogP contribution in [0.1, 0.15) is 20.3 Å². The zero-order valence-corrected chi connectivity index (χ0v) is 9.70. The molecule has 1 heterocycles. The number of carboxylic acid groups (broad SMARTS) is 1. The number of carbonyl (C=O) groups excluding carboxylic acids is 1. The number of nitrogens with one attached hydrogen (secondary N) is 1. The van der Waals surface area contributed by atoms with E-state index in [1.807, 2.05) is 13.8 Å². The third-order valence-corrected chi connectivity index (χ3v) is 2.24. The maximum absolute atomic E-state index is 11.6. The first-order chi connectivity index (χ1) is 7.99. The fourth-order valence-electron chi connectivity index (χ4n) is 1.29. The van der Waals surface area contributed by atoms with Gasteiger partial charge >= 0.3 is 5.97 Å². The Balaban J connectivity index is 2.49. The van der Waals surface area contributed by atoms with E-state index < -0.39 is 12.0 Å². The van der Waals surface area contributed by atoms with Gasteiger partial charge in [0, 0.05) is 6.04 Å². The normalized spacial score (nSPS) is 12.4. The number of carboxylic acids is 1. The summed E-state index contributed by atoms with van der Waals surface area (Å²) < 4.78 is 1.27. The molecular weight excluding hydrogens is 226 g/mol. The van der Waals surface area contributed by atoms with Gasteiger partial charge in [0.15, 0.2) is 0 Å². The van der Waals surface area contributed by atoms with E-state index in [4.69, 9.17) is 5.11 Å². The molecule has 0 aliphatic heterocycles. The highest BCUT2D eigenvalue weighted by Gasteiger charge is 2.19. The van der Waals surface area contributed by atoms with Gasteiger partial charge in [-0.05, 0) is 16.3 Å².